The van der Waals surface area contributed by atoms with Gasteiger partial charge in [-0.3, -0.25) is 14.9 Å². The van der Waals surface area contributed by atoms with Gasteiger partial charge >= 0.3 is 17.1 Å². The average molecular weight is 352 g/mol. The highest BCUT2D eigenvalue weighted by Crippen LogP contribution is 2.27. The van der Waals surface area contributed by atoms with Crippen LogP contribution >= 0.6 is 11.3 Å². The van der Waals surface area contributed by atoms with Crippen LogP contribution in [0.2, 0.25) is 0 Å². The van der Waals surface area contributed by atoms with Crippen molar-refractivity contribution in [1.29, 1.82) is 0 Å². The third-order valence-corrected chi connectivity index (χ3v) is 5.55. The highest BCUT2D eigenvalue weighted by molar-refractivity contribution is 7.16. The Morgan fingerprint density at radius 3 is 2.58 bits per heavy atom. The Kier molecular flexibility index (Phi) is 5.08. The maximum absolute atomic E-state index is 12.1. The molecule has 0 atom stereocenters. The van der Waals surface area contributed by atoms with Crippen LogP contribution in [0.4, 0.5) is 5.69 Å². The lowest BCUT2D eigenvalue weighted by molar-refractivity contribution is -0.387. The van der Waals surface area contributed by atoms with Gasteiger partial charge < -0.3 is 5.11 Å². The van der Waals surface area contributed by atoms with Crippen LogP contribution in [0, 0.1) is 16.0 Å². The van der Waals surface area contributed by atoms with E-state index in [0.717, 1.165) is 22.4 Å². The number of nitro groups is 1. The second kappa shape index (κ2) is 7.25. The first-order valence-electron chi connectivity index (χ1n) is 8.32. The Balaban J connectivity index is 1.77. The topological polar surface area (TPSA) is 111 Å². The molecule has 2 aromatic heterocycles. The van der Waals surface area contributed by atoms with E-state index in [2.05, 4.69) is 10.1 Å². The molecule has 1 aliphatic rings. The van der Waals surface area contributed by atoms with E-state index in [-0.39, 0.29) is 4.96 Å². The van der Waals surface area contributed by atoms with Crippen LogP contribution in [-0.2, 0) is 6.42 Å². The number of nitrogens with zero attached hydrogens (tertiary/aromatic N) is 4. The van der Waals surface area contributed by atoms with Crippen molar-refractivity contribution in [2.45, 2.75) is 57.8 Å². The second-order valence-corrected chi connectivity index (χ2v) is 7.33. The van der Waals surface area contributed by atoms with Gasteiger partial charge in [0, 0.05) is 6.42 Å². The van der Waals surface area contributed by atoms with Crippen molar-refractivity contribution < 1.29 is 10.0 Å². The Morgan fingerprint density at radius 1 is 1.25 bits per heavy atom. The number of aromatic nitrogens is 3. The van der Waals surface area contributed by atoms with E-state index in [9.17, 15) is 20.0 Å². The van der Waals surface area contributed by atoms with Gasteiger partial charge in [0.15, 0.2) is 0 Å². The third-order valence-electron chi connectivity index (χ3n) is 4.58. The molecule has 0 saturated heterocycles. The standard InChI is InChI=1S/C15H20N4O4S/c20-13-12(19(22)23)14(21)18-15(16-13)24-11(17-18)9-8-10-6-4-2-1-3-5-7-10/h10,20H,1-9H2. The lowest BCUT2D eigenvalue weighted by Crippen LogP contribution is -2.18. The van der Waals surface area contributed by atoms with E-state index in [1.807, 2.05) is 0 Å². The smallest absolute Gasteiger partial charge is 0.397 e. The first-order valence-corrected chi connectivity index (χ1v) is 9.14. The molecule has 9 heteroatoms. The van der Waals surface area contributed by atoms with Crippen LogP contribution in [0.3, 0.4) is 0 Å². The summed E-state index contributed by atoms with van der Waals surface area (Å²) in [6.45, 7) is 0. The molecule has 0 radical (unpaired) electrons. The lowest BCUT2D eigenvalue weighted by Gasteiger charge is -2.18. The molecule has 2 heterocycles. The van der Waals surface area contributed by atoms with Gasteiger partial charge in [0.05, 0.1) is 4.92 Å². The Hall–Kier alpha value is -2.03. The molecule has 0 spiro atoms. The van der Waals surface area contributed by atoms with Gasteiger partial charge in [0.1, 0.15) is 5.01 Å². The number of rotatable bonds is 4. The van der Waals surface area contributed by atoms with E-state index in [0.29, 0.717) is 5.92 Å². The molecule has 24 heavy (non-hydrogen) atoms. The van der Waals surface area contributed by atoms with Crippen LogP contribution in [0.1, 0.15) is 56.4 Å². The van der Waals surface area contributed by atoms with Crippen molar-refractivity contribution in [2.75, 3.05) is 0 Å². The number of hydrogen-bond donors (Lipinski definition) is 1. The Bertz CT molecular complexity index is 793. The Morgan fingerprint density at radius 2 is 1.92 bits per heavy atom. The van der Waals surface area contributed by atoms with Crippen LogP contribution in [-0.4, -0.2) is 24.6 Å². The predicted octanol–water partition coefficient (Wildman–Crippen LogP) is 3.06. The number of aryl methyl sites for hydroxylation is 1. The Labute approximate surface area is 142 Å². The minimum absolute atomic E-state index is 0.191. The van der Waals surface area contributed by atoms with Gasteiger partial charge in [-0.15, -0.1) is 0 Å². The average Bonchev–Trinajstić information content (AvgIpc) is 2.89. The molecular formula is C15H20N4O4S. The monoisotopic (exact) mass is 352 g/mol. The van der Waals surface area contributed by atoms with Crippen molar-refractivity contribution in [3.05, 3.63) is 25.5 Å². The van der Waals surface area contributed by atoms with E-state index in [1.54, 1.807) is 0 Å². The van der Waals surface area contributed by atoms with Gasteiger partial charge in [0.2, 0.25) is 4.96 Å². The fourth-order valence-electron chi connectivity index (χ4n) is 3.28. The quantitative estimate of drug-likeness (QED) is 0.669. The molecule has 0 aromatic carbocycles. The fourth-order valence-corrected chi connectivity index (χ4v) is 4.18. The molecule has 2 aromatic rings. The molecule has 130 valence electrons. The molecule has 0 amide bonds. The summed E-state index contributed by atoms with van der Waals surface area (Å²) in [7, 11) is 0. The molecule has 1 N–H and O–H groups in total. The van der Waals surface area contributed by atoms with Gasteiger partial charge in [0.25, 0.3) is 0 Å². The van der Waals surface area contributed by atoms with Gasteiger partial charge in [-0.2, -0.15) is 14.6 Å². The molecule has 1 fully saturated rings. The highest BCUT2D eigenvalue weighted by atomic mass is 32.1. The van der Waals surface area contributed by atoms with Crippen molar-refractivity contribution in [1.82, 2.24) is 14.6 Å². The molecule has 3 rings (SSSR count). The van der Waals surface area contributed by atoms with Crippen LogP contribution < -0.4 is 5.56 Å². The molecule has 1 saturated carbocycles. The SMILES string of the molecule is O=c1c([N+](=O)[O-])c(O)nc2sc(CCC3CCCCCCC3)nn12. The molecular weight excluding hydrogens is 332 g/mol. The lowest BCUT2D eigenvalue weighted by atomic mass is 9.88. The van der Waals surface area contributed by atoms with E-state index in [4.69, 9.17) is 0 Å². The number of fused-ring (bicyclic) bond motifs is 1. The van der Waals surface area contributed by atoms with E-state index in [1.165, 1.54) is 56.3 Å². The first kappa shape index (κ1) is 16.8. The zero-order valence-electron chi connectivity index (χ0n) is 13.3. The number of aromatic hydroxyl groups is 1. The normalized spacial score (nSPS) is 16.8. The van der Waals surface area contributed by atoms with Crippen LogP contribution in [0.5, 0.6) is 5.88 Å². The molecule has 0 aliphatic heterocycles. The van der Waals surface area contributed by atoms with Crippen molar-refractivity contribution >= 4 is 22.0 Å². The van der Waals surface area contributed by atoms with E-state index >= 15 is 0 Å². The van der Waals surface area contributed by atoms with Gasteiger partial charge in [-0.1, -0.05) is 56.3 Å². The minimum atomic E-state index is -0.934. The van der Waals surface area contributed by atoms with Crippen molar-refractivity contribution in [3.63, 3.8) is 0 Å². The van der Waals surface area contributed by atoms with Crippen LogP contribution in [0.25, 0.3) is 4.96 Å². The maximum Gasteiger partial charge on any atom is 0.397 e. The third kappa shape index (κ3) is 3.55. The summed E-state index contributed by atoms with van der Waals surface area (Å²) in [6.07, 6.45) is 10.7. The summed E-state index contributed by atoms with van der Waals surface area (Å²) in [6, 6.07) is 0. The zero-order valence-corrected chi connectivity index (χ0v) is 14.1. The molecule has 0 bridgehead atoms. The molecule has 8 nitrogen and oxygen atoms in total. The van der Waals surface area contributed by atoms with Crippen molar-refractivity contribution in [3.8, 4) is 5.88 Å². The summed E-state index contributed by atoms with van der Waals surface area (Å²) >= 11 is 1.20. The fraction of sp³-hybridized carbons (Fsp3) is 0.667. The largest absolute Gasteiger partial charge is 0.488 e. The zero-order chi connectivity index (χ0) is 17.1. The summed E-state index contributed by atoms with van der Waals surface area (Å²) in [5, 5.41) is 25.3. The molecule has 0 unspecified atom stereocenters. The summed E-state index contributed by atoms with van der Waals surface area (Å²) in [5.41, 5.74) is -1.86. The van der Waals surface area contributed by atoms with Crippen LogP contribution in [0.15, 0.2) is 4.79 Å². The summed E-state index contributed by atoms with van der Waals surface area (Å²) in [4.78, 5) is 25.9. The summed E-state index contributed by atoms with van der Waals surface area (Å²) in [5.74, 6) is -0.176. The first-order chi connectivity index (χ1) is 11.6. The second-order valence-electron chi connectivity index (χ2n) is 6.29. The van der Waals surface area contributed by atoms with E-state index < -0.39 is 22.0 Å². The van der Waals surface area contributed by atoms with Crippen molar-refractivity contribution in [2.24, 2.45) is 5.92 Å². The highest BCUT2D eigenvalue weighted by Gasteiger charge is 2.25. The van der Waals surface area contributed by atoms with Gasteiger partial charge in [-0.05, 0) is 12.3 Å². The predicted molar refractivity (Wildman–Crippen MR) is 89.6 cm³/mol. The minimum Gasteiger partial charge on any atom is -0.488 e. The van der Waals surface area contributed by atoms with Gasteiger partial charge in [-0.25, -0.2) is 0 Å². The maximum atomic E-state index is 12.1. The summed E-state index contributed by atoms with van der Waals surface area (Å²) < 4.78 is 0.927. The number of hydrogen-bond acceptors (Lipinski definition) is 7. The molecule has 1 aliphatic carbocycles.